The summed E-state index contributed by atoms with van der Waals surface area (Å²) in [5, 5.41) is 0. The fourth-order valence-corrected chi connectivity index (χ4v) is 4.79. The number of amides is 1. The zero-order chi connectivity index (χ0) is 17.6. The van der Waals surface area contributed by atoms with Crippen molar-refractivity contribution in [2.24, 2.45) is 11.8 Å². The van der Waals surface area contributed by atoms with Crippen LogP contribution in [0.4, 0.5) is 0 Å². The molecule has 4 nitrogen and oxygen atoms in total. The number of Topliss-reactive ketones (excluding diaryl/α,β-unsaturated/α-hetero) is 1. The molecule has 0 aromatic heterocycles. The highest BCUT2D eigenvalue weighted by molar-refractivity contribution is 6.04. The van der Waals surface area contributed by atoms with Gasteiger partial charge < -0.3 is 9.69 Å². The maximum atomic E-state index is 13.7. The quantitative estimate of drug-likeness (QED) is 0.778. The smallest absolute Gasteiger partial charge is 0.236 e. The minimum Gasteiger partial charge on any atom is -0.339 e. The Labute approximate surface area is 148 Å². The van der Waals surface area contributed by atoms with Crippen molar-refractivity contribution in [1.82, 2.24) is 4.90 Å². The number of piperidine rings is 1. The third kappa shape index (κ3) is 2.18. The maximum Gasteiger partial charge on any atom is 0.236 e. The van der Waals surface area contributed by atoms with Crippen molar-refractivity contribution in [1.29, 1.82) is 0 Å². The minimum atomic E-state index is -0.873. The fourth-order valence-electron chi connectivity index (χ4n) is 4.79. The zero-order valence-electron chi connectivity index (χ0n) is 14.4. The molecule has 3 atom stereocenters. The first-order chi connectivity index (χ1) is 12.1. The van der Waals surface area contributed by atoms with E-state index in [0.717, 1.165) is 31.4 Å². The van der Waals surface area contributed by atoms with E-state index in [2.05, 4.69) is 4.85 Å². The second-order valence-corrected chi connectivity index (χ2v) is 7.51. The largest absolute Gasteiger partial charge is 0.339 e. The van der Waals surface area contributed by atoms with Gasteiger partial charge in [-0.3, -0.25) is 4.79 Å². The number of carbonyl (C=O) groups excluding carboxylic acids is 2. The average Bonchev–Trinajstić information content (AvgIpc) is 2.60. The van der Waals surface area contributed by atoms with Crippen molar-refractivity contribution in [3.63, 3.8) is 0 Å². The Kier molecular flexibility index (Phi) is 3.76. The number of fused-ring (bicyclic) bond motifs is 1. The van der Waals surface area contributed by atoms with Gasteiger partial charge in [0.15, 0.2) is 5.78 Å². The summed E-state index contributed by atoms with van der Waals surface area (Å²) >= 11 is 0. The molecule has 4 rings (SSSR count). The summed E-state index contributed by atoms with van der Waals surface area (Å²) in [7, 11) is 0. The second kappa shape index (κ2) is 5.84. The summed E-state index contributed by atoms with van der Waals surface area (Å²) in [6, 6.07) is 10.1. The summed E-state index contributed by atoms with van der Waals surface area (Å²) in [6.07, 6.45) is 5.81. The molecule has 0 N–H and O–H groups in total. The molecular weight excluding hydrogens is 312 g/mol. The molecule has 2 fully saturated rings. The van der Waals surface area contributed by atoms with E-state index in [1.165, 1.54) is 6.42 Å². The predicted molar refractivity (Wildman–Crippen MR) is 94.4 cm³/mol. The molecule has 1 aromatic rings. The van der Waals surface area contributed by atoms with Gasteiger partial charge in [-0.25, -0.2) is 4.85 Å². The lowest BCUT2D eigenvalue weighted by molar-refractivity contribution is -0.149. The van der Waals surface area contributed by atoms with Crippen LogP contribution >= 0.6 is 0 Å². The van der Waals surface area contributed by atoms with Gasteiger partial charge in [0.25, 0.3) is 0 Å². The highest BCUT2D eigenvalue weighted by Gasteiger charge is 2.57. The number of hydrogen-bond acceptors (Lipinski definition) is 2. The van der Waals surface area contributed by atoms with Crippen molar-refractivity contribution < 1.29 is 9.59 Å². The molecule has 0 bridgehead atoms. The van der Waals surface area contributed by atoms with Crippen molar-refractivity contribution in [2.45, 2.75) is 44.1 Å². The Morgan fingerprint density at radius 2 is 1.88 bits per heavy atom. The highest BCUT2D eigenvalue weighted by Crippen LogP contribution is 2.50. The SMILES string of the molecule is [C-]#[N+]C1=C[C@@]2(c3ccccc3)C(=O)N(C3CCC3)CC[C@@H]2[C@@H](C)C1=O. The van der Waals surface area contributed by atoms with Crippen LogP contribution in [0.25, 0.3) is 4.85 Å². The molecule has 0 unspecified atom stereocenters. The third-order valence-electron chi connectivity index (χ3n) is 6.40. The van der Waals surface area contributed by atoms with E-state index >= 15 is 0 Å². The van der Waals surface area contributed by atoms with Crippen LogP contribution < -0.4 is 0 Å². The first kappa shape index (κ1) is 16.1. The maximum absolute atomic E-state index is 13.7. The number of nitrogens with zero attached hydrogens (tertiary/aromatic N) is 2. The molecule has 1 aliphatic heterocycles. The van der Waals surface area contributed by atoms with Gasteiger partial charge in [0.2, 0.25) is 11.6 Å². The predicted octanol–water partition coefficient (Wildman–Crippen LogP) is 3.35. The molecule has 3 aliphatic rings. The molecule has 0 radical (unpaired) electrons. The van der Waals surface area contributed by atoms with Gasteiger partial charge in [0.1, 0.15) is 0 Å². The van der Waals surface area contributed by atoms with E-state index in [0.29, 0.717) is 6.04 Å². The number of ketones is 1. The fraction of sp³-hybridized carbons (Fsp3) is 0.476. The van der Waals surface area contributed by atoms with Crippen LogP contribution in [0.2, 0.25) is 0 Å². The van der Waals surface area contributed by atoms with E-state index in [1.54, 1.807) is 6.08 Å². The Balaban J connectivity index is 1.91. The molecule has 1 saturated heterocycles. The summed E-state index contributed by atoms with van der Waals surface area (Å²) < 4.78 is 0. The molecule has 1 amide bonds. The number of likely N-dealkylation sites (tertiary alicyclic amines) is 1. The minimum absolute atomic E-state index is 0.0725. The molecule has 1 heterocycles. The van der Waals surface area contributed by atoms with E-state index in [9.17, 15) is 9.59 Å². The topological polar surface area (TPSA) is 41.7 Å². The Morgan fingerprint density at radius 1 is 1.16 bits per heavy atom. The number of benzene rings is 1. The third-order valence-corrected chi connectivity index (χ3v) is 6.40. The molecule has 0 spiro atoms. The molecule has 1 aromatic carbocycles. The molecular formula is C21H22N2O2. The van der Waals surface area contributed by atoms with Crippen molar-refractivity contribution in [2.75, 3.05) is 6.54 Å². The lowest BCUT2D eigenvalue weighted by Crippen LogP contribution is -2.62. The standard InChI is InChI=1S/C21H22N2O2/c1-14-17-11-12-23(16-9-6-10-16)20(25)21(17,13-18(22-2)19(14)24)15-7-4-3-5-8-15/h3-5,7-8,13-14,16-17H,6,9-12H2,1H3/t14-,17-,21+/m1/s1. The van der Waals surface area contributed by atoms with Crippen LogP contribution in [0, 0.1) is 18.4 Å². The van der Waals surface area contributed by atoms with Crippen molar-refractivity contribution in [3.8, 4) is 0 Å². The molecule has 4 heteroatoms. The van der Waals surface area contributed by atoms with Crippen LogP contribution in [0.1, 0.15) is 38.2 Å². The normalized spacial score (nSPS) is 32.5. The Morgan fingerprint density at radius 3 is 2.48 bits per heavy atom. The summed E-state index contributed by atoms with van der Waals surface area (Å²) in [4.78, 5) is 31.8. The van der Waals surface area contributed by atoms with Crippen molar-refractivity contribution >= 4 is 11.7 Å². The van der Waals surface area contributed by atoms with Crippen LogP contribution in [0.5, 0.6) is 0 Å². The van der Waals surface area contributed by atoms with Gasteiger partial charge in [-0.15, -0.1) is 0 Å². The average molecular weight is 334 g/mol. The van der Waals surface area contributed by atoms with E-state index in [-0.39, 0.29) is 29.2 Å². The molecule has 1 saturated carbocycles. The van der Waals surface area contributed by atoms with Crippen LogP contribution in [0.15, 0.2) is 42.1 Å². The number of hydrogen-bond donors (Lipinski definition) is 0. The van der Waals surface area contributed by atoms with Gasteiger partial charge in [-0.2, -0.15) is 0 Å². The van der Waals surface area contributed by atoms with Gasteiger partial charge >= 0.3 is 0 Å². The van der Waals surface area contributed by atoms with Gasteiger partial charge in [-0.1, -0.05) is 43.3 Å². The highest BCUT2D eigenvalue weighted by atomic mass is 16.2. The summed E-state index contributed by atoms with van der Waals surface area (Å²) in [6.45, 7) is 10.0. The number of carbonyl (C=O) groups is 2. The van der Waals surface area contributed by atoms with Gasteiger partial charge in [0, 0.05) is 18.5 Å². The van der Waals surface area contributed by atoms with Gasteiger partial charge in [-0.05, 0) is 37.2 Å². The lowest BCUT2D eigenvalue weighted by atomic mass is 9.57. The monoisotopic (exact) mass is 334 g/mol. The lowest BCUT2D eigenvalue weighted by Gasteiger charge is -2.53. The van der Waals surface area contributed by atoms with Crippen molar-refractivity contribution in [3.05, 3.63) is 59.1 Å². The first-order valence-corrected chi connectivity index (χ1v) is 9.10. The van der Waals surface area contributed by atoms with Gasteiger partial charge in [0.05, 0.1) is 12.0 Å². The van der Waals surface area contributed by atoms with E-state index < -0.39 is 5.41 Å². The molecule has 25 heavy (non-hydrogen) atoms. The number of rotatable bonds is 2. The molecule has 128 valence electrons. The van der Waals surface area contributed by atoms with Crippen LogP contribution in [-0.4, -0.2) is 29.2 Å². The first-order valence-electron chi connectivity index (χ1n) is 9.10. The van der Waals surface area contributed by atoms with E-state index in [1.807, 2.05) is 42.2 Å². The second-order valence-electron chi connectivity index (χ2n) is 7.51. The number of allylic oxidation sites excluding steroid dienone is 1. The summed E-state index contributed by atoms with van der Waals surface area (Å²) in [5.74, 6) is -0.407. The summed E-state index contributed by atoms with van der Waals surface area (Å²) in [5.41, 5.74) is 0.161. The van der Waals surface area contributed by atoms with E-state index in [4.69, 9.17) is 6.57 Å². The molecule has 2 aliphatic carbocycles. The Hall–Kier alpha value is -2.41. The van der Waals surface area contributed by atoms with Crippen LogP contribution in [0.3, 0.4) is 0 Å². The zero-order valence-corrected chi connectivity index (χ0v) is 14.4. The van der Waals surface area contributed by atoms with Crippen LogP contribution in [-0.2, 0) is 15.0 Å². The Bertz CT molecular complexity index is 788.